The molecular weight excluding hydrogens is 276 g/mol. The normalized spacial score (nSPS) is 10.2. The molecule has 0 saturated carbocycles. The molecule has 0 saturated heterocycles. The Balaban J connectivity index is 2.15. The summed E-state index contributed by atoms with van der Waals surface area (Å²) in [5, 5.41) is 8.59. The zero-order valence-electron chi connectivity index (χ0n) is 11.0. The number of ketones is 1. The number of hydrogen-bond acceptors (Lipinski definition) is 4. The van der Waals surface area contributed by atoms with Crippen LogP contribution in [-0.2, 0) is 4.79 Å². The van der Waals surface area contributed by atoms with Crippen LogP contribution in [0.5, 0.6) is 5.75 Å². The summed E-state index contributed by atoms with van der Waals surface area (Å²) >= 11 is 1.37. The first kappa shape index (κ1) is 14.3. The average Bonchev–Trinajstić information content (AvgIpc) is 2.94. The first-order valence-corrected chi connectivity index (χ1v) is 6.91. The van der Waals surface area contributed by atoms with Crippen molar-refractivity contribution in [1.82, 2.24) is 0 Å². The molecule has 0 aliphatic rings. The number of thiophene rings is 1. The maximum absolute atomic E-state index is 11.8. The molecule has 2 aromatic rings. The number of carbonyl (C=O) groups excluding carboxylic acids is 1. The third-order valence-corrected chi connectivity index (χ3v) is 3.98. The van der Waals surface area contributed by atoms with Crippen LogP contribution < -0.4 is 4.74 Å². The minimum absolute atomic E-state index is 0.0351. The van der Waals surface area contributed by atoms with Crippen LogP contribution in [0.3, 0.4) is 0 Å². The minimum atomic E-state index is -0.956. The van der Waals surface area contributed by atoms with Crippen molar-refractivity contribution in [2.24, 2.45) is 0 Å². The summed E-state index contributed by atoms with van der Waals surface area (Å²) in [5.74, 6) is -0.330. The molecule has 0 aliphatic carbocycles. The second-order valence-corrected chi connectivity index (χ2v) is 5.30. The molecule has 0 bridgehead atoms. The Bertz CT molecular complexity index is 630. The average molecular weight is 290 g/mol. The van der Waals surface area contributed by atoms with Crippen LogP contribution in [0.4, 0.5) is 0 Å². The first-order valence-electron chi connectivity index (χ1n) is 6.09. The van der Waals surface area contributed by atoms with Crippen LogP contribution in [-0.4, -0.2) is 24.0 Å². The van der Waals surface area contributed by atoms with Crippen LogP contribution in [0.2, 0.25) is 0 Å². The summed E-state index contributed by atoms with van der Waals surface area (Å²) in [6.07, 6.45) is -0.0986. The van der Waals surface area contributed by atoms with Crippen LogP contribution in [0.25, 0.3) is 10.4 Å². The van der Waals surface area contributed by atoms with Crippen molar-refractivity contribution in [2.45, 2.75) is 12.8 Å². The number of ether oxygens (including phenoxy) is 1. The second kappa shape index (κ2) is 6.34. The number of carboxylic acid groups (broad SMARTS) is 1. The molecular formula is C15H14O4S. The zero-order chi connectivity index (χ0) is 14.5. The Labute approximate surface area is 120 Å². The molecule has 0 aliphatic heterocycles. The quantitative estimate of drug-likeness (QED) is 0.827. The van der Waals surface area contributed by atoms with E-state index in [1.54, 1.807) is 13.2 Å². The van der Waals surface area contributed by atoms with E-state index < -0.39 is 5.97 Å². The van der Waals surface area contributed by atoms with Crippen molar-refractivity contribution in [3.05, 3.63) is 41.3 Å². The topological polar surface area (TPSA) is 63.6 Å². The number of methoxy groups -OCH3 is 1. The van der Waals surface area contributed by atoms with E-state index in [2.05, 4.69) is 0 Å². The van der Waals surface area contributed by atoms with Crippen molar-refractivity contribution in [3.63, 3.8) is 0 Å². The highest BCUT2D eigenvalue weighted by Crippen LogP contribution is 2.31. The van der Waals surface area contributed by atoms with Crippen molar-refractivity contribution in [2.75, 3.05) is 7.11 Å². The fourth-order valence-corrected chi connectivity index (χ4v) is 2.73. The molecule has 20 heavy (non-hydrogen) atoms. The maximum atomic E-state index is 11.8. The summed E-state index contributed by atoms with van der Waals surface area (Å²) < 4.78 is 5.17. The predicted octanol–water partition coefficient (Wildman–Crippen LogP) is 3.47. The smallest absolute Gasteiger partial charge is 0.303 e. The molecule has 0 amide bonds. The molecule has 1 heterocycles. The lowest BCUT2D eigenvalue weighted by molar-refractivity contribution is -0.136. The van der Waals surface area contributed by atoms with Crippen molar-refractivity contribution >= 4 is 23.1 Å². The van der Waals surface area contributed by atoms with E-state index in [4.69, 9.17) is 9.84 Å². The van der Waals surface area contributed by atoms with Crippen LogP contribution in [0.1, 0.15) is 22.5 Å². The van der Waals surface area contributed by atoms with E-state index >= 15 is 0 Å². The van der Waals surface area contributed by atoms with Crippen molar-refractivity contribution in [3.8, 4) is 16.2 Å². The molecule has 1 aromatic carbocycles. The maximum Gasteiger partial charge on any atom is 0.303 e. The fraction of sp³-hybridized carbons (Fsp3) is 0.200. The summed E-state index contributed by atoms with van der Waals surface area (Å²) in [6.45, 7) is 0. The van der Waals surface area contributed by atoms with Gasteiger partial charge in [0.15, 0.2) is 5.78 Å². The van der Waals surface area contributed by atoms with Gasteiger partial charge in [-0.2, -0.15) is 0 Å². The number of carbonyl (C=O) groups is 2. The van der Waals surface area contributed by atoms with Gasteiger partial charge in [0, 0.05) is 11.3 Å². The van der Waals surface area contributed by atoms with E-state index in [9.17, 15) is 9.59 Å². The van der Waals surface area contributed by atoms with Gasteiger partial charge in [-0.15, -0.1) is 11.3 Å². The molecule has 1 N–H and O–H groups in total. The van der Waals surface area contributed by atoms with Gasteiger partial charge in [-0.1, -0.05) is 12.1 Å². The molecule has 0 unspecified atom stereocenters. The second-order valence-electron chi connectivity index (χ2n) is 4.21. The van der Waals surface area contributed by atoms with Gasteiger partial charge in [0.2, 0.25) is 0 Å². The predicted molar refractivity (Wildman–Crippen MR) is 77.5 cm³/mol. The van der Waals surface area contributed by atoms with Gasteiger partial charge in [-0.3, -0.25) is 9.59 Å². The van der Waals surface area contributed by atoms with Gasteiger partial charge in [0.25, 0.3) is 0 Å². The van der Waals surface area contributed by atoms with Gasteiger partial charge in [-0.25, -0.2) is 0 Å². The third kappa shape index (κ3) is 3.45. The van der Waals surface area contributed by atoms with Crippen molar-refractivity contribution in [1.29, 1.82) is 0 Å². The molecule has 104 valence electrons. The lowest BCUT2D eigenvalue weighted by Crippen LogP contribution is -2.01. The summed E-state index contributed by atoms with van der Waals surface area (Å²) in [6, 6.07) is 11.2. The summed E-state index contributed by atoms with van der Waals surface area (Å²) in [7, 11) is 1.61. The molecule has 4 nitrogen and oxygen atoms in total. The third-order valence-electron chi connectivity index (χ3n) is 2.80. The molecule has 0 fully saturated rings. The van der Waals surface area contributed by atoms with Gasteiger partial charge >= 0.3 is 5.97 Å². The Hall–Kier alpha value is -2.14. The number of aliphatic carboxylic acids is 1. The number of Topliss-reactive ketones (excluding diaryl/α,β-unsaturated/α-hetero) is 1. The monoisotopic (exact) mass is 290 g/mol. The zero-order valence-corrected chi connectivity index (χ0v) is 11.8. The van der Waals surface area contributed by atoms with E-state index in [0.29, 0.717) is 4.88 Å². The Kier molecular flexibility index (Phi) is 4.53. The van der Waals surface area contributed by atoms with Gasteiger partial charge < -0.3 is 9.84 Å². The largest absolute Gasteiger partial charge is 0.497 e. The Morgan fingerprint density at radius 2 is 2.00 bits per heavy atom. The number of rotatable bonds is 6. The van der Waals surface area contributed by atoms with Crippen LogP contribution >= 0.6 is 11.3 Å². The molecule has 2 rings (SSSR count). The lowest BCUT2D eigenvalue weighted by atomic mass is 10.1. The lowest BCUT2D eigenvalue weighted by Gasteiger charge is -2.01. The van der Waals surface area contributed by atoms with E-state index in [-0.39, 0.29) is 18.6 Å². The fourth-order valence-electron chi connectivity index (χ4n) is 1.76. The summed E-state index contributed by atoms with van der Waals surface area (Å²) in [5.41, 5.74) is 0.978. The van der Waals surface area contributed by atoms with E-state index in [0.717, 1.165) is 16.2 Å². The van der Waals surface area contributed by atoms with E-state index in [1.807, 2.05) is 30.3 Å². The van der Waals surface area contributed by atoms with Crippen LogP contribution in [0.15, 0.2) is 36.4 Å². The number of carboxylic acids is 1. The standard InChI is InChI=1S/C15H14O4S/c1-19-11-4-2-3-10(9-11)13-6-7-14(20-13)12(16)5-8-15(17)18/h2-4,6-7,9H,5,8H2,1H3,(H,17,18). The summed E-state index contributed by atoms with van der Waals surface area (Å²) in [4.78, 5) is 23.9. The Morgan fingerprint density at radius 3 is 2.70 bits per heavy atom. The highest BCUT2D eigenvalue weighted by molar-refractivity contribution is 7.17. The number of hydrogen-bond donors (Lipinski definition) is 1. The minimum Gasteiger partial charge on any atom is -0.497 e. The highest BCUT2D eigenvalue weighted by atomic mass is 32.1. The molecule has 0 atom stereocenters. The Morgan fingerprint density at radius 1 is 1.20 bits per heavy atom. The highest BCUT2D eigenvalue weighted by Gasteiger charge is 2.12. The van der Waals surface area contributed by atoms with Gasteiger partial charge in [0.1, 0.15) is 5.75 Å². The first-order chi connectivity index (χ1) is 9.60. The molecule has 1 aromatic heterocycles. The molecule has 5 heteroatoms. The van der Waals surface area contributed by atoms with Gasteiger partial charge in [-0.05, 0) is 29.8 Å². The van der Waals surface area contributed by atoms with E-state index in [1.165, 1.54) is 11.3 Å². The number of benzene rings is 1. The molecule has 0 radical (unpaired) electrons. The van der Waals surface area contributed by atoms with Crippen LogP contribution in [0, 0.1) is 0 Å². The SMILES string of the molecule is COc1cccc(-c2ccc(C(=O)CCC(=O)O)s2)c1. The van der Waals surface area contributed by atoms with Gasteiger partial charge in [0.05, 0.1) is 18.4 Å². The molecule has 0 spiro atoms. The van der Waals surface area contributed by atoms with Crippen molar-refractivity contribution < 1.29 is 19.4 Å².